The van der Waals surface area contributed by atoms with Crippen LogP contribution in [-0.4, -0.2) is 71.3 Å². The first-order valence-corrected chi connectivity index (χ1v) is 14.2. The maximum atomic E-state index is 13.7. The maximum absolute atomic E-state index is 13.7. The van der Waals surface area contributed by atoms with Gasteiger partial charge >= 0.3 is 0 Å². The van der Waals surface area contributed by atoms with E-state index in [1.807, 2.05) is 51.1 Å². The van der Waals surface area contributed by atoms with Crippen molar-refractivity contribution in [3.8, 4) is 11.5 Å². The molecule has 0 bridgehead atoms. The zero-order valence-electron chi connectivity index (χ0n) is 22.6. The van der Waals surface area contributed by atoms with Gasteiger partial charge in [-0.15, -0.1) is 0 Å². The summed E-state index contributed by atoms with van der Waals surface area (Å²) in [5.41, 5.74) is 1.22. The molecule has 0 heterocycles. The van der Waals surface area contributed by atoms with Gasteiger partial charge in [0.2, 0.25) is 21.8 Å². The van der Waals surface area contributed by atoms with Crippen LogP contribution in [0.2, 0.25) is 0 Å². The van der Waals surface area contributed by atoms with Crippen molar-refractivity contribution in [2.24, 2.45) is 5.92 Å². The van der Waals surface area contributed by atoms with Gasteiger partial charge in [0.15, 0.2) is 0 Å². The number of hydrogen-bond donors (Lipinski definition) is 1. The predicted octanol–water partition coefficient (Wildman–Crippen LogP) is 3.09. The first-order valence-electron chi connectivity index (χ1n) is 12.3. The van der Waals surface area contributed by atoms with Crippen molar-refractivity contribution >= 4 is 27.5 Å². The van der Waals surface area contributed by atoms with Crippen LogP contribution in [0, 0.1) is 5.92 Å². The van der Waals surface area contributed by atoms with Crippen LogP contribution in [0.25, 0.3) is 0 Å². The van der Waals surface area contributed by atoms with Crippen LogP contribution >= 0.6 is 0 Å². The van der Waals surface area contributed by atoms with Crippen molar-refractivity contribution in [2.45, 2.75) is 39.7 Å². The summed E-state index contributed by atoms with van der Waals surface area (Å²) < 4.78 is 37.3. The Balaban J connectivity index is 2.42. The van der Waals surface area contributed by atoms with Gasteiger partial charge in [0.25, 0.3) is 0 Å². The van der Waals surface area contributed by atoms with Gasteiger partial charge in [0.05, 0.1) is 26.2 Å². The number of ether oxygens (including phenoxy) is 2. The lowest BCUT2D eigenvalue weighted by molar-refractivity contribution is -0.139. The second-order valence-electron chi connectivity index (χ2n) is 9.19. The number of carbonyl (C=O) groups excluding carboxylic acids is 2. The number of nitrogens with one attached hydrogen (secondary N) is 1. The highest BCUT2D eigenvalue weighted by Gasteiger charge is 2.32. The van der Waals surface area contributed by atoms with Crippen LogP contribution in [0.3, 0.4) is 0 Å². The van der Waals surface area contributed by atoms with Crippen LogP contribution in [-0.2, 0) is 26.0 Å². The van der Waals surface area contributed by atoms with Crippen LogP contribution in [0.15, 0.2) is 48.5 Å². The third-order valence-electron chi connectivity index (χ3n) is 5.89. The molecule has 2 rings (SSSR count). The molecule has 0 unspecified atom stereocenters. The molecule has 2 aromatic carbocycles. The van der Waals surface area contributed by atoms with E-state index >= 15 is 0 Å². The minimum Gasteiger partial charge on any atom is -0.497 e. The zero-order valence-corrected chi connectivity index (χ0v) is 23.4. The number of benzene rings is 2. The highest BCUT2D eigenvalue weighted by Crippen LogP contribution is 2.33. The lowest BCUT2D eigenvalue weighted by Gasteiger charge is -2.33. The molecule has 1 atom stereocenters. The van der Waals surface area contributed by atoms with Crippen LogP contribution in [0.5, 0.6) is 11.5 Å². The Morgan fingerprint density at radius 1 is 1.03 bits per heavy atom. The van der Waals surface area contributed by atoms with Gasteiger partial charge in [-0.3, -0.25) is 13.9 Å². The van der Waals surface area contributed by atoms with Gasteiger partial charge in [0.1, 0.15) is 24.1 Å². The van der Waals surface area contributed by atoms with Gasteiger partial charge in [-0.05, 0) is 36.5 Å². The Hall–Kier alpha value is -3.27. The zero-order chi connectivity index (χ0) is 27.6. The van der Waals surface area contributed by atoms with Crippen LogP contribution in [0.1, 0.15) is 32.8 Å². The van der Waals surface area contributed by atoms with E-state index in [1.165, 1.54) is 25.2 Å². The number of sulfonamides is 1. The van der Waals surface area contributed by atoms with Gasteiger partial charge in [0, 0.05) is 19.2 Å². The number of nitrogens with zero attached hydrogens (tertiary/aromatic N) is 2. The molecule has 37 heavy (non-hydrogen) atoms. The largest absolute Gasteiger partial charge is 0.497 e. The summed E-state index contributed by atoms with van der Waals surface area (Å²) in [7, 11) is -0.968. The summed E-state index contributed by atoms with van der Waals surface area (Å²) in [6.45, 7) is 6.08. The summed E-state index contributed by atoms with van der Waals surface area (Å²) in [6, 6.07) is 13.6. The van der Waals surface area contributed by atoms with E-state index in [1.54, 1.807) is 12.1 Å². The van der Waals surface area contributed by atoms with E-state index in [4.69, 9.17) is 9.47 Å². The first-order chi connectivity index (χ1) is 17.5. The Morgan fingerprint density at radius 2 is 1.70 bits per heavy atom. The average Bonchev–Trinajstić information content (AvgIpc) is 2.87. The third kappa shape index (κ3) is 8.66. The van der Waals surface area contributed by atoms with Crippen molar-refractivity contribution in [3.63, 3.8) is 0 Å². The van der Waals surface area contributed by atoms with Crippen LogP contribution in [0.4, 0.5) is 5.69 Å². The van der Waals surface area contributed by atoms with Crippen molar-refractivity contribution in [1.82, 2.24) is 10.2 Å². The Bertz CT molecular complexity index is 1140. The fourth-order valence-corrected chi connectivity index (χ4v) is 4.76. The molecule has 204 valence electrons. The van der Waals surface area contributed by atoms with Crippen LogP contribution < -0.4 is 19.1 Å². The molecule has 0 aliphatic carbocycles. The Kier molecular flexibility index (Phi) is 11.2. The summed E-state index contributed by atoms with van der Waals surface area (Å²) >= 11 is 0. The molecule has 0 spiro atoms. The normalized spacial score (nSPS) is 12.1. The summed E-state index contributed by atoms with van der Waals surface area (Å²) in [4.78, 5) is 28.3. The summed E-state index contributed by atoms with van der Waals surface area (Å²) in [6.07, 6.45) is 1.94. The molecule has 0 aliphatic rings. The Morgan fingerprint density at radius 3 is 2.24 bits per heavy atom. The number of carbonyl (C=O) groups is 2. The SMILES string of the molecule is CC[C@@H](C(=O)NCC(C)C)N(CCc1ccccc1)C(=O)CN(c1ccc(OC)cc1OC)S(C)(=O)=O. The van der Waals surface area contributed by atoms with E-state index < -0.39 is 28.5 Å². The molecular weight excluding hydrogens is 494 g/mol. The van der Waals surface area contributed by atoms with Crippen molar-refractivity contribution in [1.29, 1.82) is 0 Å². The molecule has 0 saturated heterocycles. The summed E-state index contributed by atoms with van der Waals surface area (Å²) in [5.74, 6) is 0.238. The smallest absolute Gasteiger partial charge is 0.244 e. The number of rotatable bonds is 14. The van der Waals surface area contributed by atoms with Gasteiger partial charge in [-0.1, -0.05) is 51.1 Å². The predicted molar refractivity (Wildman–Crippen MR) is 146 cm³/mol. The van der Waals surface area contributed by atoms with E-state index in [-0.39, 0.29) is 29.8 Å². The number of methoxy groups -OCH3 is 2. The van der Waals surface area contributed by atoms with Gasteiger partial charge in [-0.25, -0.2) is 8.42 Å². The molecule has 0 aromatic heterocycles. The standard InChI is InChI=1S/C27H39N3O6S/c1-7-23(27(32)28-18-20(2)3)29(16-15-21-11-9-8-10-12-21)26(31)19-30(37(6,33)34)24-14-13-22(35-4)17-25(24)36-5/h8-14,17,20,23H,7,15-16,18-19H2,1-6H3,(H,28,32)/t23-/m0/s1. The second kappa shape index (κ2) is 13.9. The topological polar surface area (TPSA) is 105 Å². The van der Waals surface area contributed by atoms with E-state index in [0.29, 0.717) is 25.1 Å². The average molecular weight is 534 g/mol. The van der Waals surface area contributed by atoms with E-state index in [2.05, 4.69) is 5.32 Å². The minimum absolute atomic E-state index is 0.208. The van der Waals surface area contributed by atoms with Crippen molar-refractivity contribution in [3.05, 3.63) is 54.1 Å². The van der Waals surface area contributed by atoms with Crippen molar-refractivity contribution in [2.75, 3.05) is 44.4 Å². The molecule has 0 fully saturated rings. The maximum Gasteiger partial charge on any atom is 0.244 e. The number of anilines is 1. The highest BCUT2D eigenvalue weighted by atomic mass is 32.2. The highest BCUT2D eigenvalue weighted by molar-refractivity contribution is 7.92. The summed E-state index contributed by atoms with van der Waals surface area (Å²) in [5, 5.41) is 2.91. The molecule has 0 radical (unpaired) electrons. The molecule has 1 N–H and O–H groups in total. The quantitative estimate of drug-likeness (QED) is 0.400. The van der Waals surface area contributed by atoms with E-state index in [0.717, 1.165) is 16.1 Å². The lowest BCUT2D eigenvalue weighted by Crippen LogP contribution is -2.53. The minimum atomic E-state index is -3.88. The molecule has 9 nitrogen and oxygen atoms in total. The molecule has 2 amide bonds. The molecule has 0 aliphatic heterocycles. The first kappa shape index (κ1) is 30.0. The fraction of sp³-hybridized carbons (Fsp3) is 0.481. The van der Waals surface area contributed by atoms with Crippen molar-refractivity contribution < 1.29 is 27.5 Å². The third-order valence-corrected chi connectivity index (χ3v) is 7.02. The van der Waals surface area contributed by atoms with E-state index in [9.17, 15) is 18.0 Å². The fourth-order valence-electron chi connectivity index (χ4n) is 3.90. The second-order valence-corrected chi connectivity index (χ2v) is 11.1. The number of amides is 2. The van der Waals surface area contributed by atoms with Gasteiger partial charge in [-0.2, -0.15) is 0 Å². The Labute approximate surface area is 220 Å². The number of hydrogen-bond acceptors (Lipinski definition) is 6. The monoisotopic (exact) mass is 533 g/mol. The molecule has 0 saturated carbocycles. The van der Waals surface area contributed by atoms with Gasteiger partial charge < -0.3 is 19.7 Å². The lowest BCUT2D eigenvalue weighted by atomic mass is 10.1. The molecular formula is C27H39N3O6S. The molecule has 10 heteroatoms. The molecule has 2 aromatic rings.